The molecule has 0 saturated carbocycles. The van der Waals surface area contributed by atoms with Crippen molar-refractivity contribution in [3.8, 4) is 0 Å². The lowest BCUT2D eigenvalue weighted by molar-refractivity contribution is 0.0754. The van der Waals surface area contributed by atoms with Crippen molar-refractivity contribution in [3.05, 3.63) is 24.0 Å². The molecule has 1 fully saturated rings. The van der Waals surface area contributed by atoms with Gasteiger partial charge in [0.05, 0.1) is 0 Å². The SMILES string of the molecule is CCC1CCCN(C(=O)c2cc(NC)ccn2)CC1. The number of likely N-dealkylation sites (tertiary alicyclic amines) is 1. The van der Waals surface area contributed by atoms with Crippen molar-refractivity contribution in [3.63, 3.8) is 0 Å². The van der Waals surface area contributed by atoms with Crippen molar-refractivity contribution in [1.82, 2.24) is 9.88 Å². The molecule has 1 saturated heterocycles. The standard InChI is InChI=1S/C15H23N3O/c1-3-12-5-4-9-18(10-7-12)15(19)14-11-13(16-2)6-8-17-14/h6,8,11-12H,3-5,7,9-10H2,1-2H3,(H,16,17). The van der Waals surface area contributed by atoms with Crippen LogP contribution in [-0.4, -0.2) is 35.9 Å². The van der Waals surface area contributed by atoms with Gasteiger partial charge in [-0.05, 0) is 37.3 Å². The van der Waals surface area contributed by atoms with Crippen LogP contribution >= 0.6 is 0 Å². The molecule has 19 heavy (non-hydrogen) atoms. The van der Waals surface area contributed by atoms with E-state index in [4.69, 9.17) is 0 Å². The van der Waals surface area contributed by atoms with Crippen molar-refractivity contribution in [1.29, 1.82) is 0 Å². The summed E-state index contributed by atoms with van der Waals surface area (Å²) >= 11 is 0. The Balaban J connectivity index is 2.06. The van der Waals surface area contributed by atoms with Crippen LogP contribution in [0.15, 0.2) is 18.3 Å². The van der Waals surface area contributed by atoms with Crippen molar-refractivity contribution in [2.75, 3.05) is 25.5 Å². The number of carbonyl (C=O) groups is 1. The number of carbonyl (C=O) groups excluding carboxylic acids is 1. The Hall–Kier alpha value is -1.58. The zero-order chi connectivity index (χ0) is 13.7. The molecule has 2 rings (SSSR count). The molecule has 1 N–H and O–H groups in total. The molecule has 104 valence electrons. The smallest absolute Gasteiger partial charge is 0.272 e. The van der Waals surface area contributed by atoms with E-state index >= 15 is 0 Å². The number of pyridine rings is 1. The molecule has 1 amide bonds. The fourth-order valence-electron chi connectivity index (χ4n) is 2.64. The topological polar surface area (TPSA) is 45.2 Å². The lowest BCUT2D eigenvalue weighted by atomic mass is 9.98. The summed E-state index contributed by atoms with van der Waals surface area (Å²) in [5.74, 6) is 0.836. The van der Waals surface area contributed by atoms with Crippen LogP contribution in [0.3, 0.4) is 0 Å². The summed E-state index contributed by atoms with van der Waals surface area (Å²) in [7, 11) is 1.85. The molecule has 4 nitrogen and oxygen atoms in total. The van der Waals surface area contributed by atoms with E-state index in [0.717, 1.165) is 37.5 Å². The van der Waals surface area contributed by atoms with Crippen LogP contribution in [0.1, 0.15) is 43.1 Å². The van der Waals surface area contributed by atoms with Crippen molar-refractivity contribution >= 4 is 11.6 Å². The second-order valence-electron chi connectivity index (χ2n) is 5.18. The number of hydrogen-bond acceptors (Lipinski definition) is 3. The van der Waals surface area contributed by atoms with Gasteiger partial charge in [0.1, 0.15) is 5.69 Å². The third-order valence-electron chi connectivity index (χ3n) is 3.98. The van der Waals surface area contributed by atoms with Gasteiger partial charge in [0.2, 0.25) is 0 Å². The molecule has 4 heteroatoms. The molecule has 0 aliphatic carbocycles. The highest BCUT2D eigenvalue weighted by atomic mass is 16.2. The monoisotopic (exact) mass is 261 g/mol. The van der Waals surface area contributed by atoms with E-state index in [1.165, 1.54) is 12.8 Å². The van der Waals surface area contributed by atoms with Crippen molar-refractivity contribution in [2.24, 2.45) is 5.92 Å². The molecule has 0 radical (unpaired) electrons. The fraction of sp³-hybridized carbons (Fsp3) is 0.600. The van der Waals surface area contributed by atoms with E-state index in [9.17, 15) is 4.79 Å². The van der Waals surface area contributed by atoms with Gasteiger partial charge in [0.25, 0.3) is 5.91 Å². The Kier molecular flexibility index (Phi) is 4.77. The Labute approximate surface area is 115 Å². The van der Waals surface area contributed by atoms with Crippen LogP contribution in [0.4, 0.5) is 5.69 Å². The minimum Gasteiger partial charge on any atom is -0.388 e. The lowest BCUT2D eigenvalue weighted by Gasteiger charge is -2.20. The average Bonchev–Trinajstić information content (AvgIpc) is 2.72. The quantitative estimate of drug-likeness (QED) is 0.910. The zero-order valence-corrected chi connectivity index (χ0v) is 11.9. The van der Waals surface area contributed by atoms with E-state index in [2.05, 4.69) is 17.2 Å². The number of rotatable bonds is 3. The summed E-state index contributed by atoms with van der Waals surface area (Å²) in [4.78, 5) is 18.6. The Morgan fingerprint density at radius 1 is 1.47 bits per heavy atom. The van der Waals surface area contributed by atoms with Crippen molar-refractivity contribution < 1.29 is 4.79 Å². The normalized spacial score (nSPS) is 19.9. The number of amides is 1. The maximum absolute atomic E-state index is 12.5. The van der Waals surface area contributed by atoms with Gasteiger partial charge in [0, 0.05) is 32.0 Å². The number of hydrogen-bond donors (Lipinski definition) is 1. The highest BCUT2D eigenvalue weighted by Gasteiger charge is 2.21. The van der Waals surface area contributed by atoms with Gasteiger partial charge < -0.3 is 10.2 Å². The summed E-state index contributed by atoms with van der Waals surface area (Å²) in [5.41, 5.74) is 1.47. The maximum atomic E-state index is 12.5. The number of aromatic nitrogens is 1. The largest absolute Gasteiger partial charge is 0.388 e. The molecule has 1 aromatic rings. The lowest BCUT2D eigenvalue weighted by Crippen LogP contribution is -2.32. The number of nitrogens with zero attached hydrogens (tertiary/aromatic N) is 2. The molecule has 1 aromatic heterocycles. The van der Waals surface area contributed by atoms with Gasteiger partial charge in [-0.25, -0.2) is 0 Å². The molecular formula is C15H23N3O. The van der Waals surface area contributed by atoms with Crippen LogP contribution in [-0.2, 0) is 0 Å². The van der Waals surface area contributed by atoms with Crippen LogP contribution in [0, 0.1) is 5.92 Å². The molecule has 1 aliphatic heterocycles. The van der Waals surface area contributed by atoms with E-state index in [1.54, 1.807) is 6.20 Å². The summed E-state index contributed by atoms with van der Waals surface area (Å²) in [6.07, 6.45) is 6.37. The minimum atomic E-state index is 0.0638. The molecule has 0 bridgehead atoms. The predicted octanol–water partition coefficient (Wildman–Crippen LogP) is 2.78. The molecule has 0 spiro atoms. The summed E-state index contributed by atoms with van der Waals surface area (Å²) < 4.78 is 0. The van der Waals surface area contributed by atoms with Crippen LogP contribution in [0.5, 0.6) is 0 Å². The molecule has 1 aliphatic rings. The predicted molar refractivity (Wildman–Crippen MR) is 77.3 cm³/mol. The highest BCUT2D eigenvalue weighted by Crippen LogP contribution is 2.21. The van der Waals surface area contributed by atoms with E-state index in [1.807, 2.05) is 24.1 Å². The Morgan fingerprint density at radius 3 is 3.05 bits per heavy atom. The minimum absolute atomic E-state index is 0.0638. The number of nitrogens with one attached hydrogen (secondary N) is 1. The van der Waals surface area contributed by atoms with Gasteiger partial charge >= 0.3 is 0 Å². The first kappa shape index (κ1) is 13.8. The second-order valence-corrected chi connectivity index (χ2v) is 5.18. The van der Waals surface area contributed by atoms with E-state index in [-0.39, 0.29) is 5.91 Å². The third kappa shape index (κ3) is 3.46. The van der Waals surface area contributed by atoms with Crippen molar-refractivity contribution in [2.45, 2.75) is 32.6 Å². The molecule has 0 aromatic carbocycles. The van der Waals surface area contributed by atoms with Crippen LogP contribution in [0.2, 0.25) is 0 Å². The summed E-state index contributed by atoms with van der Waals surface area (Å²) in [5, 5.41) is 3.04. The van der Waals surface area contributed by atoms with Crippen LogP contribution < -0.4 is 5.32 Å². The van der Waals surface area contributed by atoms with Gasteiger partial charge in [0.15, 0.2) is 0 Å². The first-order valence-corrected chi connectivity index (χ1v) is 7.17. The van der Waals surface area contributed by atoms with Gasteiger partial charge in [-0.3, -0.25) is 9.78 Å². The number of anilines is 1. The first-order valence-electron chi connectivity index (χ1n) is 7.17. The van der Waals surface area contributed by atoms with E-state index in [0.29, 0.717) is 5.69 Å². The zero-order valence-electron chi connectivity index (χ0n) is 11.9. The maximum Gasteiger partial charge on any atom is 0.272 e. The van der Waals surface area contributed by atoms with Gasteiger partial charge in [-0.2, -0.15) is 0 Å². The summed E-state index contributed by atoms with van der Waals surface area (Å²) in [6.45, 7) is 3.96. The Morgan fingerprint density at radius 2 is 2.32 bits per heavy atom. The Bertz CT molecular complexity index is 433. The average molecular weight is 261 g/mol. The van der Waals surface area contributed by atoms with Gasteiger partial charge in [-0.1, -0.05) is 13.3 Å². The third-order valence-corrected chi connectivity index (χ3v) is 3.98. The highest BCUT2D eigenvalue weighted by molar-refractivity contribution is 5.93. The van der Waals surface area contributed by atoms with Crippen LogP contribution in [0.25, 0.3) is 0 Å². The van der Waals surface area contributed by atoms with E-state index < -0.39 is 0 Å². The summed E-state index contributed by atoms with van der Waals surface area (Å²) in [6, 6.07) is 3.69. The molecule has 2 heterocycles. The molecule has 1 unspecified atom stereocenters. The fourth-order valence-corrected chi connectivity index (χ4v) is 2.64. The first-order chi connectivity index (χ1) is 9.24. The molecular weight excluding hydrogens is 238 g/mol. The second kappa shape index (κ2) is 6.55. The molecule has 1 atom stereocenters. The van der Waals surface area contributed by atoms with Gasteiger partial charge in [-0.15, -0.1) is 0 Å².